The highest BCUT2D eigenvalue weighted by Crippen LogP contribution is 2.29. The number of nitrogens with zero attached hydrogens (tertiary/aromatic N) is 1. The minimum atomic E-state index is 0.0565. The van der Waals surface area contributed by atoms with Crippen LogP contribution in [0.3, 0.4) is 0 Å². The summed E-state index contributed by atoms with van der Waals surface area (Å²) in [7, 11) is 1.70. The molecule has 3 nitrogen and oxygen atoms in total. The molecule has 0 amide bonds. The van der Waals surface area contributed by atoms with E-state index in [2.05, 4.69) is 36.3 Å². The topological polar surface area (TPSA) is 34.2 Å². The van der Waals surface area contributed by atoms with Crippen molar-refractivity contribution in [1.82, 2.24) is 10.3 Å². The van der Waals surface area contributed by atoms with Crippen LogP contribution in [0.25, 0.3) is 0 Å². The van der Waals surface area contributed by atoms with E-state index in [-0.39, 0.29) is 6.04 Å². The Morgan fingerprint density at radius 2 is 2.11 bits per heavy atom. The summed E-state index contributed by atoms with van der Waals surface area (Å²) in [5.74, 6) is 0.891. The molecule has 0 saturated heterocycles. The quantitative estimate of drug-likeness (QED) is 0.892. The molecule has 1 aromatic heterocycles. The van der Waals surface area contributed by atoms with E-state index in [1.54, 1.807) is 7.11 Å². The van der Waals surface area contributed by atoms with Crippen LogP contribution >= 0.6 is 0 Å². The van der Waals surface area contributed by atoms with E-state index >= 15 is 0 Å². The van der Waals surface area contributed by atoms with Gasteiger partial charge in [-0.15, -0.1) is 0 Å². The predicted octanol–water partition coefficient (Wildman–Crippen LogP) is 3.10. The van der Waals surface area contributed by atoms with E-state index < -0.39 is 0 Å². The molecule has 1 N–H and O–H groups in total. The van der Waals surface area contributed by atoms with Crippen molar-refractivity contribution >= 4 is 0 Å². The number of hydrogen-bond acceptors (Lipinski definition) is 3. The van der Waals surface area contributed by atoms with Gasteiger partial charge < -0.3 is 10.1 Å². The van der Waals surface area contributed by atoms with Crippen molar-refractivity contribution in [2.24, 2.45) is 0 Å². The van der Waals surface area contributed by atoms with Gasteiger partial charge >= 0.3 is 0 Å². The zero-order valence-corrected chi connectivity index (χ0v) is 11.7. The molecule has 0 bridgehead atoms. The van der Waals surface area contributed by atoms with Crippen LogP contribution in [0.5, 0.6) is 5.75 Å². The normalized spacial score (nSPS) is 12.2. The molecular weight excluding hydrogens is 236 g/mol. The smallest absolute Gasteiger partial charge is 0.124 e. The van der Waals surface area contributed by atoms with Crippen LogP contribution < -0.4 is 10.1 Å². The summed E-state index contributed by atoms with van der Waals surface area (Å²) in [5, 5.41) is 3.47. The summed E-state index contributed by atoms with van der Waals surface area (Å²) >= 11 is 0. The van der Waals surface area contributed by atoms with Gasteiger partial charge in [0.1, 0.15) is 5.75 Å². The van der Waals surface area contributed by atoms with Gasteiger partial charge in [0, 0.05) is 11.8 Å². The lowest BCUT2D eigenvalue weighted by atomic mass is 10.00. The van der Waals surface area contributed by atoms with Crippen LogP contribution in [0.1, 0.15) is 29.8 Å². The van der Waals surface area contributed by atoms with Crippen molar-refractivity contribution in [1.29, 1.82) is 0 Å². The van der Waals surface area contributed by atoms with E-state index in [4.69, 9.17) is 4.74 Å². The fraction of sp³-hybridized carbons (Fsp3) is 0.312. The molecular formula is C16H20N2O. The Hall–Kier alpha value is -1.87. The maximum Gasteiger partial charge on any atom is 0.124 e. The average molecular weight is 256 g/mol. The lowest BCUT2D eigenvalue weighted by Crippen LogP contribution is -2.23. The summed E-state index contributed by atoms with van der Waals surface area (Å²) in [6.45, 7) is 5.06. The first-order valence-electron chi connectivity index (χ1n) is 6.55. The largest absolute Gasteiger partial charge is 0.496 e. The zero-order valence-electron chi connectivity index (χ0n) is 11.7. The van der Waals surface area contributed by atoms with E-state index in [9.17, 15) is 0 Å². The third-order valence-electron chi connectivity index (χ3n) is 3.09. The summed E-state index contributed by atoms with van der Waals surface area (Å²) in [6.07, 6.45) is 1.82. The number of pyridine rings is 1. The number of benzene rings is 1. The van der Waals surface area contributed by atoms with Crippen LogP contribution in [-0.4, -0.2) is 18.6 Å². The van der Waals surface area contributed by atoms with Crippen LogP contribution in [-0.2, 0) is 0 Å². The van der Waals surface area contributed by atoms with E-state index in [0.717, 1.165) is 23.6 Å². The van der Waals surface area contributed by atoms with Crippen LogP contribution in [0, 0.1) is 6.92 Å². The lowest BCUT2D eigenvalue weighted by molar-refractivity contribution is 0.403. The molecule has 0 aliphatic heterocycles. The number of aromatic nitrogens is 1. The number of nitrogens with one attached hydrogen (secondary N) is 1. The van der Waals surface area contributed by atoms with Crippen LogP contribution in [0.4, 0.5) is 0 Å². The Morgan fingerprint density at radius 1 is 1.26 bits per heavy atom. The first-order chi connectivity index (χ1) is 9.26. The lowest BCUT2D eigenvalue weighted by Gasteiger charge is -2.20. The van der Waals surface area contributed by atoms with Crippen molar-refractivity contribution in [3.63, 3.8) is 0 Å². The van der Waals surface area contributed by atoms with E-state index in [1.807, 2.05) is 30.5 Å². The van der Waals surface area contributed by atoms with Gasteiger partial charge in [-0.25, -0.2) is 0 Å². The second-order valence-electron chi connectivity index (χ2n) is 4.49. The highest BCUT2D eigenvalue weighted by atomic mass is 16.5. The van der Waals surface area contributed by atoms with E-state index in [1.165, 1.54) is 5.56 Å². The number of ether oxygens (including phenoxy) is 1. The van der Waals surface area contributed by atoms with Gasteiger partial charge in [0.2, 0.25) is 0 Å². The first kappa shape index (κ1) is 13.6. The van der Waals surface area contributed by atoms with E-state index in [0.29, 0.717) is 0 Å². The molecule has 0 aliphatic rings. The molecule has 1 aromatic carbocycles. The molecule has 100 valence electrons. The number of rotatable bonds is 5. The molecule has 0 aliphatic carbocycles. The highest BCUT2D eigenvalue weighted by Gasteiger charge is 2.18. The second kappa shape index (κ2) is 6.34. The van der Waals surface area contributed by atoms with Gasteiger partial charge in [-0.2, -0.15) is 0 Å². The molecule has 0 saturated carbocycles. The minimum absolute atomic E-state index is 0.0565. The van der Waals surface area contributed by atoms with Crippen LogP contribution in [0.15, 0.2) is 42.6 Å². The second-order valence-corrected chi connectivity index (χ2v) is 4.49. The molecule has 1 atom stereocenters. The van der Waals surface area contributed by atoms with Crippen molar-refractivity contribution in [2.75, 3.05) is 13.7 Å². The molecule has 3 heteroatoms. The Balaban J connectivity index is 2.47. The highest BCUT2D eigenvalue weighted by molar-refractivity contribution is 5.42. The molecule has 1 heterocycles. The molecule has 19 heavy (non-hydrogen) atoms. The summed E-state index contributed by atoms with van der Waals surface area (Å²) in [4.78, 5) is 4.46. The fourth-order valence-corrected chi connectivity index (χ4v) is 2.20. The predicted molar refractivity (Wildman–Crippen MR) is 77.5 cm³/mol. The zero-order chi connectivity index (χ0) is 13.7. The van der Waals surface area contributed by atoms with Crippen molar-refractivity contribution in [3.8, 4) is 5.75 Å². The molecule has 0 fully saturated rings. The third-order valence-corrected chi connectivity index (χ3v) is 3.09. The number of methoxy groups -OCH3 is 1. The molecule has 2 rings (SSSR count). The van der Waals surface area contributed by atoms with Gasteiger partial charge in [0.15, 0.2) is 0 Å². The standard InChI is InChI=1S/C16H20N2O/c1-4-17-16(14-7-5-6-10-18-14)13-11-12(2)8-9-15(13)19-3/h5-11,16-17H,4H2,1-3H3. The SMILES string of the molecule is CCNC(c1ccccn1)c1cc(C)ccc1OC. The van der Waals surface area contributed by atoms with Crippen molar-refractivity contribution in [3.05, 3.63) is 59.4 Å². The molecule has 2 aromatic rings. The Morgan fingerprint density at radius 3 is 2.74 bits per heavy atom. The minimum Gasteiger partial charge on any atom is -0.496 e. The molecule has 0 spiro atoms. The van der Waals surface area contributed by atoms with Gasteiger partial charge in [0.05, 0.1) is 18.8 Å². The number of aryl methyl sites for hydroxylation is 1. The van der Waals surface area contributed by atoms with Crippen molar-refractivity contribution in [2.45, 2.75) is 19.9 Å². The Labute approximate surface area is 114 Å². The van der Waals surface area contributed by atoms with Gasteiger partial charge in [-0.1, -0.05) is 30.7 Å². The monoisotopic (exact) mass is 256 g/mol. The van der Waals surface area contributed by atoms with Crippen molar-refractivity contribution < 1.29 is 4.74 Å². The molecule has 0 radical (unpaired) electrons. The summed E-state index contributed by atoms with van der Waals surface area (Å²) < 4.78 is 5.48. The average Bonchev–Trinajstić information content (AvgIpc) is 2.45. The maximum atomic E-state index is 5.48. The Kier molecular flexibility index (Phi) is 4.53. The first-order valence-corrected chi connectivity index (χ1v) is 6.55. The summed E-state index contributed by atoms with van der Waals surface area (Å²) in [6, 6.07) is 12.3. The maximum absolute atomic E-state index is 5.48. The van der Waals surface area contributed by atoms with Crippen LogP contribution in [0.2, 0.25) is 0 Å². The Bertz CT molecular complexity index is 526. The number of hydrogen-bond donors (Lipinski definition) is 1. The third kappa shape index (κ3) is 3.12. The molecule has 1 unspecified atom stereocenters. The summed E-state index contributed by atoms with van der Waals surface area (Å²) in [5.41, 5.74) is 3.35. The van der Waals surface area contributed by atoms with Gasteiger partial charge in [-0.3, -0.25) is 4.98 Å². The van der Waals surface area contributed by atoms with Gasteiger partial charge in [-0.05, 0) is 31.7 Å². The van der Waals surface area contributed by atoms with Gasteiger partial charge in [0.25, 0.3) is 0 Å². The fourth-order valence-electron chi connectivity index (χ4n) is 2.20.